The summed E-state index contributed by atoms with van der Waals surface area (Å²) in [5, 5.41) is 20.8. The molecule has 3 aromatic heterocycles. The van der Waals surface area contributed by atoms with Crippen LogP contribution in [0.25, 0.3) is 0 Å². The van der Waals surface area contributed by atoms with Crippen LogP contribution in [0.2, 0.25) is 0 Å². The van der Waals surface area contributed by atoms with Gasteiger partial charge in [-0.1, -0.05) is 5.21 Å². The van der Waals surface area contributed by atoms with Crippen molar-refractivity contribution in [3.05, 3.63) is 59.3 Å². The number of unbranched alkanes of at least 4 members (excludes halogenated alkanes) is 1. The predicted octanol–water partition coefficient (Wildman–Crippen LogP) is 2.69. The number of carbonyl (C=O) groups is 2. The van der Waals surface area contributed by atoms with Gasteiger partial charge in [-0.3, -0.25) is 19.3 Å². The fourth-order valence-electron chi connectivity index (χ4n) is 3.18. The van der Waals surface area contributed by atoms with Gasteiger partial charge in [-0.15, -0.1) is 10.2 Å². The van der Waals surface area contributed by atoms with Crippen LogP contribution in [0, 0.1) is 0 Å². The molecule has 0 aliphatic rings. The highest BCUT2D eigenvalue weighted by molar-refractivity contribution is 5.91. The van der Waals surface area contributed by atoms with E-state index in [4.69, 9.17) is 0 Å². The monoisotopic (exact) mass is 490 g/mol. The van der Waals surface area contributed by atoms with Gasteiger partial charge in [0.05, 0.1) is 24.2 Å². The standard InChI is InChI=1S/C22H25F3N8O2/c1-14(22(23,24)25)15-8-9-27-17(11-15)12-20(34)28-19-7-6-16(29-31-19)5-3-4-10-33-13-18(30-32-33)21(35)26-2/h6-9,11,13-14H,3-5,10,12H2,1-2H3,(H,26,35)(H,28,31,34). The number of alkyl halides is 3. The number of aryl methyl sites for hydroxylation is 2. The Hall–Kier alpha value is -3.90. The predicted molar refractivity (Wildman–Crippen MR) is 119 cm³/mol. The van der Waals surface area contributed by atoms with Crippen molar-refractivity contribution in [3.63, 3.8) is 0 Å². The Morgan fingerprint density at radius 1 is 1.09 bits per heavy atom. The van der Waals surface area contributed by atoms with Gasteiger partial charge < -0.3 is 10.6 Å². The molecule has 3 aromatic rings. The minimum absolute atomic E-state index is 0.0511. The summed E-state index contributed by atoms with van der Waals surface area (Å²) in [6.45, 7) is 1.66. The normalized spacial score (nSPS) is 12.3. The molecule has 1 atom stereocenters. The van der Waals surface area contributed by atoms with Crippen molar-refractivity contribution < 1.29 is 22.8 Å². The van der Waals surface area contributed by atoms with Crippen LogP contribution in [0.15, 0.2) is 36.7 Å². The number of aromatic nitrogens is 6. The van der Waals surface area contributed by atoms with E-state index in [0.717, 1.165) is 25.5 Å². The summed E-state index contributed by atoms with van der Waals surface area (Å²) in [6.07, 6.45) is 0.532. The molecular weight excluding hydrogens is 465 g/mol. The maximum atomic E-state index is 12.9. The van der Waals surface area contributed by atoms with Crippen LogP contribution < -0.4 is 10.6 Å². The van der Waals surface area contributed by atoms with Gasteiger partial charge in [-0.2, -0.15) is 18.3 Å². The Balaban J connectivity index is 1.44. The molecular formula is C22H25F3N8O2. The van der Waals surface area contributed by atoms with Crippen molar-refractivity contribution >= 4 is 17.6 Å². The SMILES string of the molecule is CNC(=O)c1cn(CCCCc2ccc(NC(=O)Cc3cc(C(C)C(F)(F)F)ccn3)nn2)nn1. The number of rotatable bonds is 10. The molecule has 0 radical (unpaired) electrons. The number of carbonyl (C=O) groups excluding carboxylic acids is 2. The number of pyridine rings is 1. The molecule has 0 saturated carbocycles. The fourth-order valence-corrected chi connectivity index (χ4v) is 3.18. The molecule has 0 aromatic carbocycles. The summed E-state index contributed by atoms with van der Waals surface area (Å²) in [5.41, 5.74) is 1.28. The van der Waals surface area contributed by atoms with Crippen molar-refractivity contribution in [2.75, 3.05) is 12.4 Å². The maximum absolute atomic E-state index is 12.9. The smallest absolute Gasteiger partial charge is 0.354 e. The van der Waals surface area contributed by atoms with E-state index in [1.165, 1.54) is 25.4 Å². The van der Waals surface area contributed by atoms with Crippen LogP contribution in [0.4, 0.5) is 19.0 Å². The molecule has 0 fully saturated rings. The number of nitrogens with one attached hydrogen (secondary N) is 2. The van der Waals surface area contributed by atoms with Gasteiger partial charge in [0.2, 0.25) is 5.91 Å². The van der Waals surface area contributed by atoms with Gasteiger partial charge in [0, 0.05) is 25.5 Å². The second kappa shape index (κ2) is 11.5. The van der Waals surface area contributed by atoms with E-state index in [2.05, 4.69) is 36.1 Å². The summed E-state index contributed by atoms with van der Waals surface area (Å²) >= 11 is 0. The zero-order valence-electron chi connectivity index (χ0n) is 19.2. The summed E-state index contributed by atoms with van der Waals surface area (Å²) in [7, 11) is 1.53. The average Bonchev–Trinajstić information content (AvgIpc) is 3.30. The van der Waals surface area contributed by atoms with Crippen molar-refractivity contribution in [2.24, 2.45) is 0 Å². The second-order valence-electron chi connectivity index (χ2n) is 7.88. The molecule has 3 heterocycles. The number of hydrogen-bond acceptors (Lipinski definition) is 7. The molecule has 0 saturated heterocycles. The molecule has 0 bridgehead atoms. The minimum Gasteiger partial charge on any atom is -0.354 e. The first-order chi connectivity index (χ1) is 16.7. The topological polar surface area (TPSA) is 128 Å². The van der Waals surface area contributed by atoms with Crippen molar-refractivity contribution in [1.82, 2.24) is 35.5 Å². The Bertz CT molecular complexity index is 1150. The summed E-state index contributed by atoms with van der Waals surface area (Å²) in [6, 6.07) is 5.93. The number of amides is 2. The first-order valence-corrected chi connectivity index (χ1v) is 10.9. The van der Waals surface area contributed by atoms with Crippen LogP contribution in [0.3, 0.4) is 0 Å². The minimum atomic E-state index is -4.37. The zero-order valence-corrected chi connectivity index (χ0v) is 19.2. The quantitative estimate of drug-likeness (QED) is 0.418. The Morgan fingerprint density at radius 3 is 2.57 bits per heavy atom. The van der Waals surface area contributed by atoms with E-state index in [-0.39, 0.29) is 35.1 Å². The summed E-state index contributed by atoms with van der Waals surface area (Å²) < 4.78 is 40.4. The zero-order chi connectivity index (χ0) is 25.4. The number of halogens is 3. The lowest BCUT2D eigenvalue weighted by Crippen LogP contribution is -2.19. The van der Waals surface area contributed by atoms with Crippen molar-refractivity contribution in [1.29, 1.82) is 0 Å². The third-order valence-electron chi connectivity index (χ3n) is 5.23. The van der Waals surface area contributed by atoms with Gasteiger partial charge in [0.15, 0.2) is 11.5 Å². The fraction of sp³-hybridized carbons (Fsp3) is 0.409. The first kappa shape index (κ1) is 25.7. The molecule has 13 heteroatoms. The van der Waals surface area contributed by atoms with Crippen LogP contribution in [0.1, 0.15) is 53.1 Å². The molecule has 2 amide bonds. The highest BCUT2D eigenvalue weighted by Gasteiger charge is 2.37. The van der Waals surface area contributed by atoms with Gasteiger partial charge >= 0.3 is 6.18 Å². The van der Waals surface area contributed by atoms with Gasteiger partial charge in [0.25, 0.3) is 5.91 Å². The molecule has 0 aliphatic carbocycles. The van der Waals surface area contributed by atoms with E-state index in [1.54, 1.807) is 23.0 Å². The first-order valence-electron chi connectivity index (χ1n) is 10.9. The molecule has 3 rings (SSSR count). The Morgan fingerprint density at radius 2 is 1.89 bits per heavy atom. The third kappa shape index (κ3) is 7.55. The maximum Gasteiger partial charge on any atom is 0.395 e. The molecule has 2 N–H and O–H groups in total. The second-order valence-corrected chi connectivity index (χ2v) is 7.88. The molecule has 10 nitrogen and oxygen atoms in total. The Kier molecular flexibility index (Phi) is 8.44. The van der Waals surface area contributed by atoms with E-state index < -0.39 is 18.0 Å². The molecule has 1 unspecified atom stereocenters. The molecule has 0 spiro atoms. The molecule has 35 heavy (non-hydrogen) atoms. The highest BCUT2D eigenvalue weighted by Crippen LogP contribution is 2.34. The summed E-state index contributed by atoms with van der Waals surface area (Å²) in [4.78, 5) is 27.7. The lowest BCUT2D eigenvalue weighted by molar-refractivity contribution is -0.146. The van der Waals surface area contributed by atoms with E-state index in [0.29, 0.717) is 13.0 Å². The van der Waals surface area contributed by atoms with Crippen molar-refractivity contribution in [2.45, 2.75) is 51.2 Å². The van der Waals surface area contributed by atoms with Gasteiger partial charge in [0.1, 0.15) is 0 Å². The third-order valence-corrected chi connectivity index (χ3v) is 5.23. The molecule has 0 aliphatic heterocycles. The van der Waals surface area contributed by atoms with Crippen LogP contribution in [-0.4, -0.2) is 55.2 Å². The van der Waals surface area contributed by atoms with Crippen LogP contribution >= 0.6 is 0 Å². The lowest BCUT2D eigenvalue weighted by atomic mass is 10.0. The average molecular weight is 490 g/mol. The lowest BCUT2D eigenvalue weighted by Gasteiger charge is -2.16. The molecule has 186 valence electrons. The summed E-state index contributed by atoms with van der Waals surface area (Å²) in [5.74, 6) is -2.16. The van der Waals surface area contributed by atoms with Crippen LogP contribution in [-0.2, 0) is 24.2 Å². The van der Waals surface area contributed by atoms with E-state index in [1.807, 2.05) is 0 Å². The van der Waals surface area contributed by atoms with E-state index in [9.17, 15) is 22.8 Å². The van der Waals surface area contributed by atoms with Gasteiger partial charge in [-0.25, -0.2) is 0 Å². The van der Waals surface area contributed by atoms with Gasteiger partial charge in [-0.05, 0) is 56.0 Å². The van der Waals surface area contributed by atoms with Crippen molar-refractivity contribution in [3.8, 4) is 0 Å². The highest BCUT2D eigenvalue weighted by atomic mass is 19.4. The number of anilines is 1. The Labute approximate surface area is 199 Å². The van der Waals surface area contributed by atoms with Crippen LogP contribution in [0.5, 0.6) is 0 Å². The van der Waals surface area contributed by atoms with E-state index >= 15 is 0 Å². The number of nitrogens with zero attached hydrogens (tertiary/aromatic N) is 6. The largest absolute Gasteiger partial charge is 0.395 e. The number of hydrogen-bond donors (Lipinski definition) is 2.